The van der Waals surface area contributed by atoms with Crippen molar-refractivity contribution in [1.82, 2.24) is 20.0 Å². The van der Waals surface area contributed by atoms with Gasteiger partial charge in [0.25, 0.3) is 11.5 Å². The van der Waals surface area contributed by atoms with E-state index in [1.54, 1.807) is 31.2 Å². The molecule has 0 unspecified atom stereocenters. The number of nitrogens with zero attached hydrogens (tertiary/aromatic N) is 3. The number of hydrogen-bond donors (Lipinski definition) is 1. The molecule has 1 aromatic heterocycles. The number of likely N-dealkylation sites (N-methyl/N-ethyl adjacent to an activating group) is 1. The molecule has 1 fully saturated rings. The number of nitrogens with one attached hydrogen (secondary N) is 1. The molecule has 0 saturated carbocycles. The fourth-order valence-electron chi connectivity index (χ4n) is 3.59. The number of aromatic nitrogens is 2. The molecule has 1 N–H and O–H groups in total. The highest BCUT2D eigenvalue weighted by Crippen LogP contribution is 2.16. The van der Waals surface area contributed by atoms with E-state index >= 15 is 0 Å². The van der Waals surface area contributed by atoms with Crippen LogP contribution in [-0.4, -0.2) is 65.5 Å². The predicted molar refractivity (Wildman–Crippen MR) is 113 cm³/mol. The lowest BCUT2D eigenvalue weighted by atomic mass is 10.1. The minimum Gasteiger partial charge on any atom is -0.351 e. The van der Waals surface area contributed by atoms with Crippen molar-refractivity contribution in [3.05, 3.63) is 40.3 Å². The molecule has 1 aromatic carbocycles. The minimum absolute atomic E-state index is 0.0588. The first kappa shape index (κ1) is 21.9. The van der Waals surface area contributed by atoms with Gasteiger partial charge in [-0.1, -0.05) is 25.1 Å². The molecule has 3 rings (SSSR count). The van der Waals surface area contributed by atoms with E-state index in [-0.39, 0.29) is 35.8 Å². The summed E-state index contributed by atoms with van der Waals surface area (Å²) in [7, 11) is -3.11. The van der Waals surface area contributed by atoms with E-state index < -0.39 is 27.7 Å². The Balaban J connectivity index is 1.85. The van der Waals surface area contributed by atoms with Crippen LogP contribution in [0.25, 0.3) is 10.8 Å². The molecule has 162 valence electrons. The third-order valence-corrected chi connectivity index (χ3v) is 6.87. The SMILES string of the molecule is CCCn1nc(C(=O)N(CC)CC(=O)N[C@@H]2CCS(=O)(=O)C2)c2ccccc2c1=O. The number of amides is 2. The first-order chi connectivity index (χ1) is 14.3. The summed E-state index contributed by atoms with van der Waals surface area (Å²) in [6.45, 7) is 4.09. The third-order valence-electron chi connectivity index (χ3n) is 5.11. The third kappa shape index (κ3) is 4.69. The van der Waals surface area contributed by atoms with E-state index in [4.69, 9.17) is 0 Å². The molecule has 0 bridgehead atoms. The fourth-order valence-corrected chi connectivity index (χ4v) is 5.26. The Labute approximate surface area is 175 Å². The average Bonchev–Trinajstić information content (AvgIpc) is 3.06. The highest BCUT2D eigenvalue weighted by atomic mass is 32.2. The van der Waals surface area contributed by atoms with Crippen LogP contribution in [0.15, 0.2) is 29.1 Å². The predicted octanol–water partition coefficient (Wildman–Crippen LogP) is 0.572. The maximum absolute atomic E-state index is 13.2. The van der Waals surface area contributed by atoms with Crippen molar-refractivity contribution in [2.45, 2.75) is 39.3 Å². The summed E-state index contributed by atoms with van der Waals surface area (Å²) in [5.41, 5.74) is -0.135. The van der Waals surface area contributed by atoms with Crippen LogP contribution in [0.4, 0.5) is 0 Å². The van der Waals surface area contributed by atoms with Crippen molar-refractivity contribution in [3.63, 3.8) is 0 Å². The second-order valence-electron chi connectivity index (χ2n) is 7.41. The monoisotopic (exact) mass is 434 g/mol. The molecule has 2 aromatic rings. The number of fused-ring (bicyclic) bond motifs is 1. The van der Waals surface area contributed by atoms with Crippen LogP contribution in [0.5, 0.6) is 0 Å². The van der Waals surface area contributed by atoms with E-state index in [0.717, 1.165) is 0 Å². The number of sulfone groups is 1. The van der Waals surface area contributed by atoms with Gasteiger partial charge in [-0.2, -0.15) is 5.10 Å². The Bertz CT molecular complexity index is 1130. The molecular formula is C20H26N4O5S. The number of aryl methyl sites for hydroxylation is 1. The van der Waals surface area contributed by atoms with Gasteiger partial charge in [-0.3, -0.25) is 14.4 Å². The van der Waals surface area contributed by atoms with E-state index in [1.165, 1.54) is 9.58 Å². The van der Waals surface area contributed by atoms with Gasteiger partial charge in [-0.25, -0.2) is 13.1 Å². The van der Waals surface area contributed by atoms with Crippen LogP contribution < -0.4 is 10.9 Å². The summed E-state index contributed by atoms with van der Waals surface area (Å²) in [5, 5.41) is 7.84. The highest BCUT2D eigenvalue weighted by Gasteiger charge is 2.30. The van der Waals surface area contributed by atoms with E-state index in [0.29, 0.717) is 30.2 Å². The zero-order chi connectivity index (χ0) is 21.9. The lowest BCUT2D eigenvalue weighted by Crippen LogP contribution is -2.45. The summed E-state index contributed by atoms with van der Waals surface area (Å²) in [4.78, 5) is 39.6. The number of carbonyl (C=O) groups is 2. The smallest absolute Gasteiger partial charge is 0.275 e. The molecule has 0 spiro atoms. The Morgan fingerprint density at radius 1 is 1.23 bits per heavy atom. The molecule has 2 heterocycles. The largest absolute Gasteiger partial charge is 0.351 e. The number of carbonyl (C=O) groups excluding carboxylic acids is 2. The lowest BCUT2D eigenvalue weighted by molar-refractivity contribution is -0.122. The molecular weight excluding hydrogens is 408 g/mol. The second-order valence-corrected chi connectivity index (χ2v) is 9.64. The average molecular weight is 435 g/mol. The fraction of sp³-hybridized carbons (Fsp3) is 0.500. The van der Waals surface area contributed by atoms with Crippen molar-refractivity contribution < 1.29 is 18.0 Å². The van der Waals surface area contributed by atoms with Crippen molar-refractivity contribution in [2.75, 3.05) is 24.6 Å². The summed E-state index contributed by atoms with van der Waals surface area (Å²) in [5.74, 6) is -0.887. The van der Waals surface area contributed by atoms with Crippen LogP contribution >= 0.6 is 0 Å². The molecule has 2 amide bonds. The molecule has 0 radical (unpaired) electrons. The molecule has 1 aliphatic rings. The molecule has 10 heteroatoms. The standard InChI is InChI=1S/C20H26N4O5S/c1-3-10-24-19(26)16-8-6-5-7-15(16)18(22-24)20(27)23(4-2)12-17(25)21-14-9-11-30(28,29)13-14/h5-8,14H,3-4,9-13H2,1-2H3,(H,21,25)/t14-/m1/s1. The Morgan fingerprint density at radius 2 is 1.93 bits per heavy atom. The lowest BCUT2D eigenvalue weighted by Gasteiger charge is -2.22. The quantitative estimate of drug-likeness (QED) is 0.681. The summed E-state index contributed by atoms with van der Waals surface area (Å²) < 4.78 is 24.4. The van der Waals surface area contributed by atoms with Gasteiger partial charge in [0.15, 0.2) is 15.5 Å². The molecule has 1 atom stereocenters. The van der Waals surface area contributed by atoms with Gasteiger partial charge < -0.3 is 10.2 Å². The van der Waals surface area contributed by atoms with Gasteiger partial charge in [0.05, 0.1) is 23.4 Å². The van der Waals surface area contributed by atoms with Gasteiger partial charge >= 0.3 is 0 Å². The molecule has 1 saturated heterocycles. The first-order valence-electron chi connectivity index (χ1n) is 10.0. The number of hydrogen-bond acceptors (Lipinski definition) is 6. The van der Waals surface area contributed by atoms with Crippen molar-refractivity contribution in [1.29, 1.82) is 0 Å². The zero-order valence-electron chi connectivity index (χ0n) is 17.1. The summed E-state index contributed by atoms with van der Waals surface area (Å²) >= 11 is 0. The van der Waals surface area contributed by atoms with Gasteiger partial charge in [0.2, 0.25) is 5.91 Å². The maximum Gasteiger partial charge on any atom is 0.275 e. The summed E-state index contributed by atoms with van der Waals surface area (Å²) in [6, 6.07) is 6.36. The van der Waals surface area contributed by atoms with Gasteiger partial charge in [-0.15, -0.1) is 0 Å². The number of benzene rings is 1. The van der Waals surface area contributed by atoms with Gasteiger partial charge in [0.1, 0.15) is 0 Å². The zero-order valence-corrected chi connectivity index (χ0v) is 17.9. The first-order valence-corrected chi connectivity index (χ1v) is 11.9. The van der Waals surface area contributed by atoms with Crippen LogP contribution in [0.3, 0.4) is 0 Å². The maximum atomic E-state index is 13.2. The van der Waals surface area contributed by atoms with Crippen LogP contribution in [0.2, 0.25) is 0 Å². The molecule has 30 heavy (non-hydrogen) atoms. The molecule has 0 aliphatic carbocycles. The van der Waals surface area contributed by atoms with E-state index in [9.17, 15) is 22.8 Å². The van der Waals surface area contributed by atoms with Crippen LogP contribution in [-0.2, 0) is 21.2 Å². The number of rotatable bonds is 7. The van der Waals surface area contributed by atoms with E-state index in [1.807, 2.05) is 6.92 Å². The summed E-state index contributed by atoms with van der Waals surface area (Å²) in [6.07, 6.45) is 1.06. The second kappa shape index (κ2) is 8.95. The molecule has 1 aliphatic heterocycles. The van der Waals surface area contributed by atoms with Gasteiger partial charge in [-0.05, 0) is 25.8 Å². The Hall–Kier alpha value is -2.75. The minimum atomic E-state index is -3.11. The Kier molecular flexibility index (Phi) is 6.55. The van der Waals surface area contributed by atoms with Crippen molar-refractivity contribution in [2.24, 2.45) is 0 Å². The van der Waals surface area contributed by atoms with Crippen LogP contribution in [0, 0.1) is 0 Å². The molecule has 9 nitrogen and oxygen atoms in total. The normalized spacial score (nSPS) is 17.7. The topological polar surface area (TPSA) is 118 Å². The van der Waals surface area contributed by atoms with Crippen molar-refractivity contribution in [3.8, 4) is 0 Å². The Morgan fingerprint density at radius 3 is 2.53 bits per heavy atom. The van der Waals surface area contributed by atoms with Gasteiger partial charge in [0, 0.05) is 24.5 Å². The highest BCUT2D eigenvalue weighted by molar-refractivity contribution is 7.91. The van der Waals surface area contributed by atoms with E-state index in [2.05, 4.69) is 10.4 Å². The van der Waals surface area contributed by atoms with Crippen LogP contribution in [0.1, 0.15) is 37.2 Å². The van der Waals surface area contributed by atoms with Crippen molar-refractivity contribution >= 4 is 32.4 Å².